The van der Waals surface area contributed by atoms with Crippen LogP contribution in [0.3, 0.4) is 0 Å². The van der Waals surface area contributed by atoms with Gasteiger partial charge < -0.3 is 4.74 Å². The summed E-state index contributed by atoms with van der Waals surface area (Å²) >= 11 is 0. The Labute approximate surface area is 109 Å². The highest BCUT2D eigenvalue weighted by Crippen LogP contribution is 2.34. The summed E-state index contributed by atoms with van der Waals surface area (Å²) in [6.45, 7) is 8.67. The van der Waals surface area contributed by atoms with Crippen molar-refractivity contribution in [2.45, 2.75) is 33.1 Å². The second-order valence-corrected chi connectivity index (χ2v) is 5.61. The van der Waals surface area contributed by atoms with Gasteiger partial charge in [-0.05, 0) is 30.0 Å². The van der Waals surface area contributed by atoms with Gasteiger partial charge in [0.25, 0.3) is 0 Å². The fourth-order valence-corrected chi connectivity index (χ4v) is 1.96. The molecule has 2 aromatic carbocycles. The zero-order valence-electron chi connectivity index (χ0n) is 11.5. The van der Waals surface area contributed by atoms with E-state index < -0.39 is 0 Å². The lowest BCUT2D eigenvalue weighted by molar-refractivity contribution is 0.452. The fraction of sp³-hybridized carbons (Fsp3) is 0.294. The summed E-state index contributed by atoms with van der Waals surface area (Å²) < 4.78 is 6.07. The molecule has 2 aromatic rings. The Balaban J connectivity index is 2.39. The van der Waals surface area contributed by atoms with Gasteiger partial charge in [0.05, 0.1) is 0 Å². The van der Waals surface area contributed by atoms with Crippen LogP contribution in [0.25, 0.3) is 0 Å². The lowest BCUT2D eigenvalue weighted by atomic mass is 9.86. The second-order valence-electron chi connectivity index (χ2n) is 5.61. The van der Waals surface area contributed by atoms with E-state index in [4.69, 9.17) is 4.74 Å². The van der Waals surface area contributed by atoms with Crippen molar-refractivity contribution in [2.24, 2.45) is 0 Å². The third-order valence-corrected chi connectivity index (χ3v) is 3.01. The molecule has 94 valence electrons. The van der Waals surface area contributed by atoms with E-state index in [-0.39, 0.29) is 5.41 Å². The molecule has 0 N–H and O–H groups in total. The van der Waals surface area contributed by atoms with Crippen molar-refractivity contribution in [1.29, 1.82) is 0 Å². The predicted molar refractivity (Wildman–Crippen MR) is 76.4 cm³/mol. The highest BCUT2D eigenvalue weighted by molar-refractivity contribution is 5.43. The zero-order chi connectivity index (χ0) is 13.2. The summed E-state index contributed by atoms with van der Waals surface area (Å²) in [5, 5.41) is 0. The summed E-state index contributed by atoms with van der Waals surface area (Å²) in [5.74, 6) is 1.87. The Kier molecular flexibility index (Phi) is 3.42. The third kappa shape index (κ3) is 2.73. The second kappa shape index (κ2) is 4.85. The Morgan fingerprint density at radius 3 is 1.94 bits per heavy atom. The largest absolute Gasteiger partial charge is 0.457 e. The standard InChI is InChI=1S/C17H20O/c1-13-9-5-7-11-15(13)18-16-12-8-6-10-14(16)17(2,3)4/h5-12H,1-4H3. The van der Waals surface area contributed by atoms with Crippen molar-refractivity contribution < 1.29 is 4.74 Å². The molecule has 0 aliphatic heterocycles. The Hall–Kier alpha value is -1.76. The third-order valence-electron chi connectivity index (χ3n) is 3.01. The van der Waals surface area contributed by atoms with Crippen LogP contribution in [0.5, 0.6) is 11.5 Å². The highest BCUT2D eigenvalue weighted by Gasteiger charge is 2.18. The zero-order valence-corrected chi connectivity index (χ0v) is 11.5. The maximum Gasteiger partial charge on any atom is 0.131 e. The molecule has 0 spiro atoms. The van der Waals surface area contributed by atoms with E-state index in [0.717, 1.165) is 17.1 Å². The van der Waals surface area contributed by atoms with Crippen molar-refractivity contribution in [3.8, 4) is 11.5 Å². The quantitative estimate of drug-likeness (QED) is 0.711. The van der Waals surface area contributed by atoms with E-state index in [9.17, 15) is 0 Å². The molecule has 0 heterocycles. The molecule has 18 heavy (non-hydrogen) atoms. The van der Waals surface area contributed by atoms with Crippen molar-refractivity contribution in [2.75, 3.05) is 0 Å². The molecule has 0 aliphatic rings. The molecule has 0 saturated heterocycles. The van der Waals surface area contributed by atoms with E-state index in [0.29, 0.717) is 0 Å². The summed E-state index contributed by atoms with van der Waals surface area (Å²) in [7, 11) is 0. The number of para-hydroxylation sites is 2. The molecule has 0 bridgehead atoms. The van der Waals surface area contributed by atoms with E-state index >= 15 is 0 Å². The van der Waals surface area contributed by atoms with Crippen molar-refractivity contribution >= 4 is 0 Å². The first-order chi connectivity index (χ1) is 8.48. The van der Waals surface area contributed by atoms with Crippen molar-refractivity contribution in [3.63, 3.8) is 0 Å². The summed E-state index contributed by atoms with van der Waals surface area (Å²) in [6, 6.07) is 16.3. The van der Waals surface area contributed by atoms with Crippen LogP contribution in [0.15, 0.2) is 48.5 Å². The molecule has 0 unspecified atom stereocenters. The van der Waals surface area contributed by atoms with Gasteiger partial charge >= 0.3 is 0 Å². The van der Waals surface area contributed by atoms with Crippen LogP contribution in [-0.2, 0) is 5.41 Å². The SMILES string of the molecule is Cc1ccccc1Oc1ccccc1C(C)(C)C. The van der Waals surface area contributed by atoms with Gasteiger partial charge in [0.2, 0.25) is 0 Å². The fourth-order valence-electron chi connectivity index (χ4n) is 1.96. The van der Waals surface area contributed by atoms with Crippen LogP contribution >= 0.6 is 0 Å². The van der Waals surface area contributed by atoms with Gasteiger partial charge in [-0.3, -0.25) is 0 Å². The number of hydrogen-bond acceptors (Lipinski definition) is 1. The molecule has 0 atom stereocenters. The number of hydrogen-bond donors (Lipinski definition) is 0. The monoisotopic (exact) mass is 240 g/mol. The van der Waals surface area contributed by atoms with Crippen LogP contribution < -0.4 is 4.74 Å². The van der Waals surface area contributed by atoms with Gasteiger partial charge in [-0.15, -0.1) is 0 Å². The molecule has 1 heteroatoms. The molecule has 0 saturated carbocycles. The van der Waals surface area contributed by atoms with E-state index in [1.54, 1.807) is 0 Å². The summed E-state index contributed by atoms with van der Waals surface area (Å²) in [5.41, 5.74) is 2.47. The van der Waals surface area contributed by atoms with Crippen LogP contribution in [-0.4, -0.2) is 0 Å². The Bertz CT molecular complexity index is 535. The van der Waals surface area contributed by atoms with Gasteiger partial charge in [-0.2, -0.15) is 0 Å². The molecule has 0 radical (unpaired) electrons. The molecule has 0 aliphatic carbocycles. The summed E-state index contributed by atoms with van der Waals surface area (Å²) in [6.07, 6.45) is 0. The first kappa shape index (κ1) is 12.7. The minimum absolute atomic E-state index is 0.0826. The topological polar surface area (TPSA) is 9.23 Å². The molecule has 0 amide bonds. The van der Waals surface area contributed by atoms with Crippen LogP contribution in [0.4, 0.5) is 0 Å². The average molecular weight is 240 g/mol. The summed E-state index contributed by atoms with van der Waals surface area (Å²) in [4.78, 5) is 0. The minimum Gasteiger partial charge on any atom is -0.457 e. The Morgan fingerprint density at radius 2 is 1.33 bits per heavy atom. The lowest BCUT2D eigenvalue weighted by Crippen LogP contribution is -2.12. The number of ether oxygens (including phenoxy) is 1. The lowest BCUT2D eigenvalue weighted by Gasteiger charge is -2.22. The maximum absolute atomic E-state index is 6.07. The highest BCUT2D eigenvalue weighted by atomic mass is 16.5. The van der Waals surface area contributed by atoms with Crippen LogP contribution in [0.2, 0.25) is 0 Å². The first-order valence-electron chi connectivity index (χ1n) is 6.31. The van der Waals surface area contributed by atoms with Crippen LogP contribution in [0, 0.1) is 6.92 Å². The molecular formula is C17H20O. The molecule has 0 aromatic heterocycles. The maximum atomic E-state index is 6.07. The Morgan fingerprint density at radius 1 is 0.778 bits per heavy atom. The van der Waals surface area contributed by atoms with Gasteiger partial charge in [-0.25, -0.2) is 0 Å². The van der Waals surface area contributed by atoms with E-state index in [2.05, 4.69) is 45.9 Å². The minimum atomic E-state index is 0.0826. The van der Waals surface area contributed by atoms with Crippen molar-refractivity contribution in [1.82, 2.24) is 0 Å². The number of benzene rings is 2. The first-order valence-corrected chi connectivity index (χ1v) is 6.31. The van der Waals surface area contributed by atoms with Gasteiger partial charge in [-0.1, -0.05) is 57.2 Å². The molecule has 1 nitrogen and oxygen atoms in total. The average Bonchev–Trinajstić information content (AvgIpc) is 2.31. The molecule has 0 fully saturated rings. The van der Waals surface area contributed by atoms with E-state index in [1.165, 1.54) is 5.56 Å². The number of rotatable bonds is 2. The van der Waals surface area contributed by atoms with Crippen molar-refractivity contribution in [3.05, 3.63) is 59.7 Å². The van der Waals surface area contributed by atoms with Crippen LogP contribution in [0.1, 0.15) is 31.9 Å². The van der Waals surface area contributed by atoms with Gasteiger partial charge in [0.15, 0.2) is 0 Å². The number of aryl methyl sites for hydroxylation is 1. The molecule has 2 rings (SSSR count). The predicted octanol–water partition coefficient (Wildman–Crippen LogP) is 5.08. The normalized spacial score (nSPS) is 11.3. The van der Waals surface area contributed by atoms with Gasteiger partial charge in [0.1, 0.15) is 11.5 Å². The smallest absolute Gasteiger partial charge is 0.131 e. The molecular weight excluding hydrogens is 220 g/mol. The van der Waals surface area contributed by atoms with E-state index in [1.807, 2.05) is 30.3 Å². The van der Waals surface area contributed by atoms with Gasteiger partial charge in [0, 0.05) is 5.56 Å².